The highest BCUT2D eigenvalue weighted by Crippen LogP contribution is 2.25. The Labute approximate surface area is 131 Å². The molecule has 0 aromatic carbocycles. The van der Waals surface area contributed by atoms with Crippen LogP contribution in [0.3, 0.4) is 0 Å². The van der Waals surface area contributed by atoms with Crippen molar-refractivity contribution >= 4 is 11.6 Å². The first-order valence-electron chi connectivity index (χ1n) is 7.17. The van der Waals surface area contributed by atoms with E-state index >= 15 is 0 Å². The third-order valence-electron chi connectivity index (χ3n) is 3.37. The van der Waals surface area contributed by atoms with E-state index in [-0.39, 0.29) is 13.1 Å². The first-order valence-corrected chi connectivity index (χ1v) is 7.17. The average molecular weight is 329 g/mol. The van der Waals surface area contributed by atoms with E-state index in [4.69, 9.17) is 5.73 Å². The van der Waals surface area contributed by atoms with Crippen LogP contribution in [-0.4, -0.2) is 47.5 Å². The molecule has 126 valence electrons. The van der Waals surface area contributed by atoms with Crippen LogP contribution in [0.4, 0.5) is 13.2 Å². The Bertz CT molecular complexity index is 561. The quantitative estimate of drug-likeness (QED) is 0.575. The van der Waals surface area contributed by atoms with Gasteiger partial charge in [0.2, 0.25) is 0 Å². The topological polar surface area (TPSA) is 83.6 Å². The highest BCUT2D eigenvalue weighted by Gasteiger charge is 2.41. The van der Waals surface area contributed by atoms with Gasteiger partial charge < -0.3 is 11.1 Å². The van der Waals surface area contributed by atoms with Crippen LogP contribution in [0.15, 0.2) is 29.5 Å². The molecule has 0 radical (unpaired) electrons. The highest BCUT2D eigenvalue weighted by molar-refractivity contribution is 6.08. The Balaban J connectivity index is 2.13. The molecule has 0 aliphatic carbocycles. The van der Waals surface area contributed by atoms with Crippen molar-refractivity contribution in [2.24, 2.45) is 16.8 Å². The number of nitrogens with one attached hydrogen (secondary N) is 1. The fourth-order valence-electron chi connectivity index (χ4n) is 2.36. The van der Waals surface area contributed by atoms with Crippen molar-refractivity contribution in [3.05, 3.63) is 30.1 Å². The number of halogens is 3. The van der Waals surface area contributed by atoms with Gasteiger partial charge in [0.05, 0.1) is 11.6 Å². The van der Waals surface area contributed by atoms with Crippen LogP contribution in [0, 0.1) is 5.92 Å². The van der Waals surface area contributed by atoms with Gasteiger partial charge in [0.25, 0.3) is 5.91 Å². The van der Waals surface area contributed by atoms with Crippen molar-refractivity contribution in [1.29, 1.82) is 0 Å². The fraction of sp³-hybridized carbons (Fsp3) is 0.500. The SMILES string of the molecule is NCNCCC1=NN(CC(F)(F)F)C(=O)C1Cc1ccccn1. The molecule has 1 aromatic heterocycles. The molecule has 1 atom stereocenters. The van der Waals surface area contributed by atoms with Crippen molar-refractivity contribution in [2.45, 2.75) is 19.0 Å². The summed E-state index contributed by atoms with van der Waals surface area (Å²) in [6.07, 6.45) is -2.32. The molecule has 23 heavy (non-hydrogen) atoms. The van der Waals surface area contributed by atoms with Gasteiger partial charge in [0, 0.05) is 37.9 Å². The lowest BCUT2D eigenvalue weighted by Gasteiger charge is -2.16. The summed E-state index contributed by atoms with van der Waals surface area (Å²) in [5.74, 6) is -1.36. The van der Waals surface area contributed by atoms with Crippen LogP contribution in [0.2, 0.25) is 0 Å². The van der Waals surface area contributed by atoms with Crippen molar-refractivity contribution < 1.29 is 18.0 Å². The van der Waals surface area contributed by atoms with Gasteiger partial charge in [-0.1, -0.05) is 6.07 Å². The average Bonchev–Trinajstić information content (AvgIpc) is 2.76. The number of hydrazone groups is 1. The number of amides is 1. The molecule has 1 aliphatic rings. The van der Waals surface area contributed by atoms with Gasteiger partial charge in [0.15, 0.2) is 0 Å². The van der Waals surface area contributed by atoms with E-state index in [9.17, 15) is 18.0 Å². The molecule has 1 unspecified atom stereocenters. The van der Waals surface area contributed by atoms with Crippen LogP contribution in [0.1, 0.15) is 12.1 Å². The zero-order valence-electron chi connectivity index (χ0n) is 12.4. The molecule has 6 nitrogen and oxygen atoms in total. The fourth-order valence-corrected chi connectivity index (χ4v) is 2.36. The molecular formula is C14H18F3N5O. The summed E-state index contributed by atoms with van der Waals surface area (Å²) in [6, 6.07) is 5.23. The van der Waals surface area contributed by atoms with Gasteiger partial charge in [0.1, 0.15) is 6.54 Å². The number of hydrogen-bond donors (Lipinski definition) is 2. The molecule has 3 N–H and O–H groups in total. The lowest BCUT2D eigenvalue weighted by molar-refractivity contribution is -0.160. The second-order valence-corrected chi connectivity index (χ2v) is 5.13. The molecule has 2 heterocycles. The molecule has 2 rings (SSSR count). The van der Waals surface area contributed by atoms with E-state index in [0.29, 0.717) is 29.4 Å². The number of hydrogen-bond acceptors (Lipinski definition) is 5. The predicted octanol–water partition coefficient (Wildman–Crippen LogP) is 0.897. The number of nitrogens with two attached hydrogens (primary N) is 1. The smallest absolute Gasteiger partial charge is 0.318 e. The minimum atomic E-state index is -4.49. The predicted molar refractivity (Wildman–Crippen MR) is 78.3 cm³/mol. The molecule has 0 spiro atoms. The maximum Gasteiger partial charge on any atom is 0.408 e. The van der Waals surface area contributed by atoms with Gasteiger partial charge in [-0.25, -0.2) is 5.01 Å². The van der Waals surface area contributed by atoms with Gasteiger partial charge in [-0.15, -0.1) is 0 Å². The Morgan fingerprint density at radius 1 is 1.35 bits per heavy atom. The van der Waals surface area contributed by atoms with Crippen LogP contribution < -0.4 is 11.1 Å². The molecule has 0 saturated carbocycles. The van der Waals surface area contributed by atoms with Crippen molar-refractivity contribution in [2.75, 3.05) is 19.8 Å². The maximum absolute atomic E-state index is 12.6. The standard InChI is InChI=1S/C14H18F3N5O/c15-14(16,17)8-22-13(23)11(7-10-3-1-2-5-20-10)12(21-22)4-6-19-9-18/h1-3,5,11,19H,4,6-9,18H2. The highest BCUT2D eigenvalue weighted by atomic mass is 19.4. The number of carbonyl (C=O) groups is 1. The summed E-state index contributed by atoms with van der Waals surface area (Å²) in [7, 11) is 0. The Morgan fingerprint density at radius 2 is 2.13 bits per heavy atom. The molecule has 0 fully saturated rings. The summed E-state index contributed by atoms with van der Waals surface area (Å²) >= 11 is 0. The number of pyridine rings is 1. The third-order valence-corrected chi connectivity index (χ3v) is 3.37. The van der Waals surface area contributed by atoms with E-state index in [1.54, 1.807) is 24.4 Å². The van der Waals surface area contributed by atoms with E-state index < -0.39 is 24.5 Å². The monoisotopic (exact) mass is 329 g/mol. The van der Waals surface area contributed by atoms with E-state index in [0.717, 1.165) is 0 Å². The summed E-state index contributed by atoms with van der Waals surface area (Å²) in [5.41, 5.74) is 6.38. The second-order valence-electron chi connectivity index (χ2n) is 5.13. The van der Waals surface area contributed by atoms with Gasteiger partial charge in [-0.3, -0.25) is 9.78 Å². The summed E-state index contributed by atoms with van der Waals surface area (Å²) < 4.78 is 37.7. The van der Waals surface area contributed by atoms with Crippen LogP contribution in [-0.2, 0) is 11.2 Å². The van der Waals surface area contributed by atoms with Gasteiger partial charge in [-0.2, -0.15) is 18.3 Å². The first-order chi connectivity index (χ1) is 10.9. The number of aromatic nitrogens is 1. The van der Waals surface area contributed by atoms with E-state index in [1.807, 2.05) is 0 Å². The Morgan fingerprint density at radius 3 is 2.74 bits per heavy atom. The van der Waals surface area contributed by atoms with Gasteiger partial charge in [-0.05, 0) is 12.1 Å². The Hall–Kier alpha value is -2.00. The van der Waals surface area contributed by atoms with Crippen molar-refractivity contribution in [3.63, 3.8) is 0 Å². The first kappa shape index (κ1) is 17.4. The van der Waals surface area contributed by atoms with Crippen molar-refractivity contribution in [3.8, 4) is 0 Å². The molecule has 1 aliphatic heterocycles. The lowest BCUT2D eigenvalue weighted by atomic mass is 9.95. The second kappa shape index (κ2) is 7.51. The maximum atomic E-state index is 12.6. The molecule has 1 amide bonds. The van der Waals surface area contributed by atoms with Crippen LogP contribution in [0.25, 0.3) is 0 Å². The summed E-state index contributed by atoms with van der Waals surface area (Å²) in [4.78, 5) is 16.4. The largest absolute Gasteiger partial charge is 0.408 e. The van der Waals surface area contributed by atoms with Gasteiger partial charge >= 0.3 is 6.18 Å². The number of nitrogens with zero attached hydrogens (tertiary/aromatic N) is 3. The van der Waals surface area contributed by atoms with Crippen LogP contribution in [0.5, 0.6) is 0 Å². The third kappa shape index (κ3) is 5.00. The minimum absolute atomic E-state index is 0.232. The molecule has 0 bridgehead atoms. The Kier molecular flexibility index (Phi) is 5.67. The van der Waals surface area contributed by atoms with E-state index in [2.05, 4.69) is 15.4 Å². The van der Waals surface area contributed by atoms with Crippen LogP contribution >= 0.6 is 0 Å². The molecule has 0 saturated heterocycles. The normalized spacial score (nSPS) is 18.4. The molecule has 1 aromatic rings. The lowest BCUT2D eigenvalue weighted by Crippen LogP contribution is -2.36. The minimum Gasteiger partial charge on any atom is -0.318 e. The summed E-state index contributed by atoms with van der Waals surface area (Å²) in [5, 5.41) is 7.25. The molecule has 9 heteroatoms. The number of alkyl halides is 3. The zero-order valence-corrected chi connectivity index (χ0v) is 12.4. The zero-order chi connectivity index (χ0) is 16.9. The number of carbonyl (C=O) groups excluding carboxylic acids is 1. The number of rotatable bonds is 7. The van der Waals surface area contributed by atoms with E-state index in [1.165, 1.54) is 0 Å². The summed E-state index contributed by atoms with van der Waals surface area (Å²) in [6.45, 7) is -0.683. The van der Waals surface area contributed by atoms with Crippen molar-refractivity contribution in [1.82, 2.24) is 15.3 Å². The molecular weight excluding hydrogens is 311 g/mol.